The standard InChI is InChI=1S/C16H23BrN2O2/c1-20-15-2-3-16(17)13(10-15)11-18-5-4-14(12-18)19-6-8-21-9-7-19/h2-3,10,14H,4-9,11-12H2,1H3. The number of likely N-dealkylation sites (tertiary alicyclic amines) is 1. The smallest absolute Gasteiger partial charge is 0.119 e. The number of nitrogens with zero attached hydrogens (tertiary/aromatic N) is 2. The molecule has 1 atom stereocenters. The van der Waals surface area contributed by atoms with Crippen molar-refractivity contribution in [2.24, 2.45) is 0 Å². The first-order valence-corrected chi connectivity index (χ1v) is 8.42. The Labute approximate surface area is 135 Å². The highest BCUT2D eigenvalue weighted by atomic mass is 79.9. The lowest BCUT2D eigenvalue weighted by atomic mass is 10.2. The van der Waals surface area contributed by atoms with Gasteiger partial charge in [0, 0.05) is 43.2 Å². The number of benzene rings is 1. The Hall–Kier alpha value is -0.620. The van der Waals surface area contributed by atoms with Gasteiger partial charge >= 0.3 is 0 Å². The van der Waals surface area contributed by atoms with E-state index >= 15 is 0 Å². The second-order valence-corrected chi connectivity index (χ2v) is 6.64. The molecule has 0 N–H and O–H groups in total. The molecule has 3 rings (SSSR count). The third-order valence-corrected chi connectivity index (χ3v) is 5.23. The molecule has 116 valence electrons. The molecule has 21 heavy (non-hydrogen) atoms. The number of methoxy groups -OCH3 is 1. The average molecular weight is 355 g/mol. The molecule has 0 spiro atoms. The van der Waals surface area contributed by atoms with E-state index in [1.807, 2.05) is 6.07 Å². The summed E-state index contributed by atoms with van der Waals surface area (Å²) in [6.45, 7) is 7.26. The minimum atomic E-state index is 0.693. The number of halogens is 1. The summed E-state index contributed by atoms with van der Waals surface area (Å²) < 4.78 is 11.9. The Morgan fingerprint density at radius 1 is 1.29 bits per heavy atom. The van der Waals surface area contributed by atoms with E-state index in [4.69, 9.17) is 9.47 Å². The molecule has 0 aliphatic carbocycles. The lowest BCUT2D eigenvalue weighted by Gasteiger charge is -2.32. The molecule has 2 heterocycles. The van der Waals surface area contributed by atoms with Gasteiger partial charge in [0.05, 0.1) is 20.3 Å². The van der Waals surface area contributed by atoms with E-state index in [0.717, 1.165) is 49.6 Å². The summed E-state index contributed by atoms with van der Waals surface area (Å²) in [7, 11) is 1.72. The first-order valence-electron chi connectivity index (χ1n) is 7.63. The van der Waals surface area contributed by atoms with E-state index in [9.17, 15) is 0 Å². The first kappa shape index (κ1) is 15.3. The van der Waals surface area contributed by atoms with Crippen LogP contribution in [0.5, 0.6) is 5.75 Å². The SMILES string of the molecule is COc1ccc(Br)c(CN2CCC(N3CCOCC3)C2)c1. The number of rotatable bonds is 4. The van der Waals surface area contributed by atoms with Crippen molar-refractivity contribution in [2.45, 2.75) is 19.0 Å². The zero-order valence-corrected chi connectivity index (χ0v) is 14.1. The van der Waals surface area contributed by atoms with Gasteiger partial charge in [0.1, 0.15) is 5.75 Å². The summed E-state index contributed by atoms with van der Waals surface area (Å²) >= 11 is 3.65. The predicted molar refractivity (Wildman–Crippen MR) is 86.8 cm³/mol. The maximum Gasteiger partial charge on any atom is 0.119 e. The number of hydrogen-bond donors (Lipinski definition) is 0. The fourth-order valence-electron chi connectivity index (χ4n) is 3.24. The van der Waals surface area contributed by atoms with Crippen LogP contribution in [0.3, 0.4) is 0 Å². The van der Waals surface area contributed by atoms with Gasteiger partial charge in [-0.1, -0.05) is 15.9 Å². The fourth-order valence-corrected chi connectivity index (χ4v) is 3.61. The number of ether oxygens (including phenoxy) is 2. The van der Waals surface area contributed by atoms with Crippen molar-refractivity contribution in [3.63, 3.8) is 0 Å². The van der Waals surface area contributed by atoms with Crippen LogP contribution in [0.1, 0.15) is 12.0 Å². The zero-order chi connectivity index (χ0) is 14.7. The quantitative estimate of drug-likeness (QED) is 0.828. The van der Waals surface area contributed by atoms with Crippen molar-refractivity contribution in [1.29, 1.82) is 0 Å². The number of hydrogen-bond acceptors (Lipinski definition) is 4. The van der Waals surface area contributed by atoms with Gasteiger partial charge in [-0.3, -0.25) is 9.80 Å². The van der Waals surface area contributed by atoms with Crippen LogP contribution in [0.4, 0.5) is 0 Å². The fraction of sp³-hybridized carbons (Fsp3) is 0.625. The van der Waals surface area contributed by atoms with Gasteiger partial charge in [0.25, 0.3) is 0 Å². The van der Waals surface area contributed by atoms with Crippen molar-refractivity contribution in [1.82, 2.24) is 9.80 Å². The van der Waals surface area contributed by atoms with E-state index < -0.39 is 0 Å². The van der Waals surface area contributed by atoms with Crippen molar-refractivity contribution in [3.8, 4) is 5.75 Å². The predicted octanol–water partition coefficient (Wildman–Crippen LogP) is 2.36. The topological polar surface area (TPSA) is 24.9 Å². The summed E-state index contributed by atoms with van der Waals surface area (Å²) in [6, 6.07) is 6.89. The van der Waals surface area contributed by atoms with Crippen LogP contribution in [0, 0.1) is 0 Å². The second-order valence-electron chi connectivity index (χ2n) is 5.78. The van der Waals surface area contributed by atoms with Gasteiger partial charge in [0.2, 0.25) is 0 Å². The molecule has 0 saturated carbocycles. The van der Waals surface area contributed by atoms with Crippen LogP contribution in [-0.4, -0.2) is 62.3 Å². The van der Waals surface area contributed by atoms with Gasteiger partial charge in [-0.05, 0) is 30.2 Å². The minimum Gasteiger partial charge on any atom is -0.497 e. The van der Waals surface area contributed by atoms with E-state index in [1.54, 1.807) is 7.11 Å². The normalized spacial score (nSPS) is 24.4. The van der Waals surface area contributed by atoms with Crippen LogP contribution in [0.15, 0.2) is 22.7 Å². The highest BCUT2D eigenvalue weighted by molar-refractivity contribution is 9.10. The van der Waals surface area contributed by atoms with Gasteiger partial charge in [-0.2, -0.15) is 0 Å². The van der Waals surface area contributed by atoms with E-state index in [2.05, 4.69) is 37.9 Å². The summed E-state index contributed by atoms with van der Waals surface area (Å²) in [6.07, 6.45) is 1.27. The Morgan fingerprint density at radius 3 is 2.86 bits per heavy atom. The van der Waals surface area contributed by atoms with E-state index in [-0.39, 0.29) is 0 Å². The monoisotopic (exact) mass is 354 g/mol. The summed E-state index contributed by atoms with van der Waals surface area (Å²) in [5, 5.41) is 0. The van der Waals surface area contributed by atoms with E-state index in [1.165, 1.54) is 18.5 Å². The van der Waals surface area contributed by atoms with Gasteiger partial charge in [0.15, 0.2) is 0 Å². The zero-order valence-electron chi connectivity index (χ0n) is 12.6. The number of morpholine rings is 1. The molecule has 0 amide bonds. The van der Waals surface area contributed by atoms with Crippen LogP contribution < -0.4 is 4.74 Å². The Kier molecular flexibility index (Phi) is 5.16. The molecule has 5 heteroatoms. The third kappa shape index (κ3) is 3.77. The molecular weight excluding hydrogens is 332 g/mol. The minimum absolute atomic E-state index is 0.693. The lowest BCUT2D eigenvalue weighted by Crippen LogP contribution is -2.44. The maximum atomic E-state index is 5.45. The van der Waals surface area contributed by atoms with Crippen LogP contribution >= 0.6 is 15.9 Å². The third-order valence-electron chi connectivity index (χ3n) is 4.46. The summed E-state index contributed by atoms with van der Waals surface area (Å²) in [5.41, 5.74) is 1.30. The van der Waals surface area contributed by atoms with Crippen LogP contribution in [0.2, 0.25) is 0 Å². The molecule has 1 aromatic rings. The molecule has 2 fully saturated rings. The molecule has 1 unspecified atom stereocenters. The Morgan fingerprint density at radius 2 is 2.10 bits per heavy atom. The molecule has 1 aromatic carbocycles. The van der Waals surface area contributed by atoms with E-state index in [0.29, 0.717) is 6.04 Å². The van der Waals surface area contributed by atoms with Crippen molar-refractivity contribution >= 4 is 15.9 Å². The molecule has 2 aliphatic rings. The Balaban J connectivity index is 1.59. The largest absolute Gasteiger partial charge is 0.497 e. The molecule has 0 radical (unpaired) electrons. The van der Waals surface area contributed by atoms with Crippen molar-refractivity contribution < 1.29 is 9.47 Å². The molecule has 2 saturated heterocycles. The molecule has 0 aromatic heterocycles. The van der Waals surface area contributed by atoms with Crippen LogP contribution in [-0.2, 0) is 11.3 Å². The van der Waals surface area contributed by atoms with Gasteiger partial charge < -0.3 is 9.47 Å². The highest BCUT2D eigenvalue weighted by Crippen LogP contribution is 2.26. The Bertz CT molecular complexity index is 477. The average Bonchev–Trinajstić information content (AvgIpc) is 2.99. The van der Waals surface area contributed by atoms with Gasteiger partial charge in [-0.15, -0.1) is 0 Å². The van der Waals surface area contributed by atoms with Crippen LogP contribution in [0.25, 0.3) is 0 Å². The van der Waals surface area contributed by atoms with Gasteiger partial charge in [-0.25, -0.2) is 0 Å². The molecule has 2 aliphatic heterocycles. The van der Waals surface area contributed by atoms with Crippen molar-refractivity contribution in [3.05, 3.63) is 28.2 Å². The maximum absolute atomic E-state index is 5.45. The lowest BCUT2D eigenvalue weighted by molar-refractivity contribution is 0.0184. The summed E-state index contributed by atoms with van der Waals surface area (Å²) in [4.78, 5) is 5.13. The summed E-state index contributed by atoms with van der Waals surface area (Å²) in [5.74, 6) is 0.928. The second kappa shape index (κ2) is 7.09. The van der Waals surface area contributed by atoms with Crippen molar-refractivity contribution in [2.75, 3.05) is 46.5 Å². The highest BCUT2D eigenvalue weighted by Gasteiger charge is 2.28. The molecule has 0 bridgehead atoms. The molecule has 4 nitrogen and oxygen atoms in total. The molecular formula is C16H23BrN2O2. The first-order chi connectivity index (χ1) is 10.3.